The molecular formula is C16H27N3O2. The smallest absolute Gasteiger partial charge is 0.316 e. The van der Waals surface area contributed by atoms with Crippen molar-refractivity contribution in [2.24, 2.45) is 11.7 Å². The van der Waals surface area contributed by atoms with Gasteiger partial charge in [-0.25, -0.2) is 4.79 Å². The minimum Gasteiger partial charge on any atom is -0.381 e. The molecule has 5 heteroatoms. The van der Waals surface area contributed by atoms with E-state index in [1.165, 1.54) is 5.56 Å². The lowest BCUT2D eigenvalue weighted by Gasteiger charge is -2.15. The number of primary amides is 1. The number of hydrogen-bond acceptors (Lipinski definition) is 3. The minimum atomic E-state index is -0.546. The quantitative estimate of drug-likeness (QED) is 0.613. The third-order valence-electron chi connectivity index (χ3n) is 3.05. The molecule has 0 aliphatic rings. The summed E-state index contributed by atoms with van der Waals surface area (Å²) >= 11 is 0. The number of nitrogens with one attached hydrogen (secondary N) is 2. The highest BCUT2D eigenvalue weighted by Gasteiger charge is 2.05. The lowest BCUT2D eigenvalue weighted by Crippen LogP contribution is -2.21. The molecule has 2 amide bonds. The monoisotopic (exact) mass is 293 g/mol. The second-order valence-electron chi connectivity index (χ2n) is 5.61. The standard InChI is InChI=1S/C16H27N3O2/c1-12(2)11-21-10-4-9-18-13(3)14-5-7-15(8-6-14)19-16(17)20/h5-8,12-13,18H,4,9-11H2,1-3H3,(H3,17,19,20). The molecule has 0 saturated carbocycles. The second kappa shape index (κ2) is 9.37. The Morgan fingerprint density at radius 3 is 2.48 bits per heavy atom. The van der Waals surface area contributed by atoms with Crippen LogP contribution in [0, 0.1) is 5.92 Å². The normalized spacial score (nSPS) is 12.4. The van der Waals surface area contributed by atoms with Crippen LogP contribution in [0.1, 0.15) is 38.8 Å². The molecule has 0 bridgehead atoms. The largest absolute Gasteiger partial charge is 0.381 e. The average Bonchev–Trinajstić information content (AvgIpc) is 2.42. The van der Waals surface area contributed by atoms with Crippen LogP contribution in [0.2, 0.25) is 0 Å². The van der Waals surface area contributed by atoms with Gasteiger partial charge in [0.1, 0.15) is 0 Å². The summed E-state index contributed by atoms with van der Waals surface area (Å²) in [6.07, 6.45) is 0.998. The molecule has 1 aromatic rings. The number of urea groups is 1. The molecule has 0 radical (unpaired) electrons. The van der Waals surface area contributed by atoms with Crippen molar-refractivity contribution in [1.82, 2.24) is 5.32 Å². The average molecular weight is 293 g/mol. The molecule has 1 atom stereocenters. The summed E-state index contributed by atoms with van der Waals surface area (Å²) in [7, 11) is 0. The Morgan fingerprint density at radius 2 is 1.90 bits per heavy atom. The summed E-state index contributed by atoms with van der Waals surface area (Å²) in [5.41, 5.74) is 6.96. The molecule has 0 fully saturated rings. The molecule has 4 N–H and O–H groups in total. The molecule has 0 aromatic heterocycles. The van der Waals surface area contributed by atoms with Gasteiger partial charge in [-0.2, -0.15) is 0 Å². The Hall–Kier alpha value is -1.59. The molecular weight excluding hydrogens is 266 g/mol. The Morgan fingerprint density at radius 1 is 1.24 bits per heavy atom. The van der Waals surface area contributed by atoms with Gasteiger partial charge in [-0.3, -0.25) is 0 Å². The van der Waals surface area contributed by atoms with E-state index in [4.69, 9.17) is 10.5 Å². The molecule has 0 aliphatic heterocycles. The van der Waals surface area contributed by atoms with E-state index >= 15 is 0 Å². The van der Waals surface area contributed by atoms with Crippen LogP contribution in [-0.2, 0) is 4.74 Å². The van der Waals surface area contributed by atoms with Crippen LogP contribution in [0.15, 0.2) is 24.3 Å². The van der Waals surface area contributed by atoms with E-state index in [1.54, 1.807) is 0 Å². The van der Waals surface area contributed by atoms with Crippen molar-refractivity contribution >= 4 is 11.7 Å². The number of rotatable bonds is 9. The van der Waals surface area contributed by atoms with Gasteiger partial charge >= 0.3 is 6.03 Å². The number of benzene rings is 1. The van der Waals surface area contributed by atoms with Gasteiger partial charge in [0.15, 0.2) is 0 Å². The van der Waals surface area contributed by atoms with Gasteiger partial charge in [0.25, 0.3) is 0 Å². The summed E-state index contributed by atoms with van der Waals surface area (Å²) in [6.45, 7) is 8.95. The summed E-state index contributed by atoms with van der Waals surface area (Å²) in [5, 5.41) is 6.00. The van der Waals surface area contributed by atoms with Crippen LogP contribution in [0.4, 0.5) is 10.5 Å². The fourth-order valence-electron chi connectivity index (χ4n) is 1.93. The molecule has 21 heavy (non-hydrogen) atoms. The maximum absolute atomic E-state index is 10.7. The summed E-state index contributed by atoms with van der Waals surface area (Å²) < 4.78 is 5.54. The maximum atomic E-state index is 10.7. The summed E-state index contributed by atoms with van der Waals surface area (Å²) in [4.78, 5) is 10.7. The maximum Gasteiger partial charge on any atom is 0.316 e. The highest BCUT2D eigenvalue weighted by atomic mass is 16.5. The molecule has 1 unspecified atom stereocenters. The van der Waals surface area contributed by atoms with Crippen molar-refractivity contribution < 1.29 is 9.53 Å². The molecule has 0 spiro atoms. The van der Waals surface area contributed by atoms with Crippen LogP contribution in [0.5, 0.6) is 0 Å². The van der Waals surface area contributed by atoms with Gasteiger partial charge in [0, 0.05) is 24.9 Å². The number of anilines is 1. The lowest BCUT2D eigenvalue weighted by atomic mass is 10.1. The zero-order chi connectivity index (χ0) is 15.7. The molecule has 1 rings (SSSR count). The molecule has 5 nitrogen and oxygen atoms in total. The predicted molar refractivity (Wildman–Crippen MR) is 86.3 cm³/mol. The molecule has 118 valence electrons. The van der Waals surface area contributed by atoms with Crippen LogP contribution in [-0.4, -0.2) is 25.8 Å². The highest BCUT2D eigenvalue weighted by Crippen LogP contribution is 2.15. The number of amides is 2. The van der Waals surface area contributed by atoms with Crippen molar-refractivity contribution in [3.8, 4) is 0 Å². The fourth-order valence-corrected chi connectivity index (χ4v) is 1.93. The molecule has 1 aromatic carbocycles. The van der Waals surface area contributed by atoms with Gasteiger partial charge in [0.2, 0.25) is 0 Å². The highest BCUT2D eigenvalue weighted by molar-refractivity contribution is 5.87. The van der Waals surface area contributed by atoms with Crippen molar-refractivity contribution in [1.29, 1.82) is 0 Å². The Balaban J connectivity index is 2.25. The van der Waals surface area contributed by atoms with Crippen LogP contribution < -0.4 is 16.4 Å². The van der Waals surface area contributed by atoms with E-state index in [9.17, 15) is 4.79 Å². The minimum absolute atomic E-state index is 0.262. The van der Waals surface area contributed by atoms with E-state index in [0.29, 0.717) is 11.6 Å². The predicted octanol–water partition coefficient (Wildman–Crippen LogP) is 2.89. The first-order chi connectivity index (χ1) is 9.99. The Bertz CT molecular complexity index is 418. The van der Waals surface area contributed by atoms with Gasteiger partial charge < -0.3 is 21.1 Å². The van der Waals surface area contributed by atoms with Crippen LogP contribution in [0.25, 0.3) is 0 Å². The van der Waals surface area contributed by atoms with E-state index in [-0.39, 0.29) is 6.04 Å². The third-order valence-corrected chi connectivity index (χ3v) is 3.05. The van der Waals surface area contributed by atoms with Gasteiger partial charge in [-0.15, -0.1) is 0 Å². The number of carbonyl (C=O) groups excluding carboxylic acids is 1. The van der Waals surface area contributed by atoms with Crippen molar-refractivity contribution in [2.75, 3.05) is 25.1 Å². The van der Waals surface area contributed by atoms with Crippen molar-refractivity contribution in [2.45, 2.75) is 33.2 Å². The zero-order valence-electron chi connectivity index (χ0n) is 13.2. The molecule has 0 saturated heterocycles. The fraction of sp³-hybridized carbons (Fsp3) is 0.562. The first-order valence-corrected chi connectivity index (χ1v) is 7.46. The summed E-state index contributed by atoms with van der Waals surface area (Å²) in [5.74, 6) is 0.587. The molecule has 0 heterocycles. The van der Waals surface area contributed by atoms with Crippen molar-refractivity contribution in [3.05, 3.63) is 29.8 Å². The Kier molecular flexibility index (Phi) is 7.79. The van der Waals surface area contributed by atoms with Gasteiger partial charge in [0.05, 0.1) is 0 Å². The number of nitrogens with two attached hydrogens (primary N) is 1. The molecule has 0 aliphatic carbocycles. The van der Waals surface area contributed by atoms with E-state index in [0.717, 1.165) is 26.2 Å². The van der Waals surface area contributed by atoms with Crippen LogP contribution in [0.3, 0.4) is 0 Å². The van der Waals surface area contributed by atoms with Gasteiger partial charge in [-0.1, -0.05) is 26.0 Å². The topological polar surface area (TPSA) is 76.4 Å². The van der Waals surface area contributed by atoms with E-state index in [1.807, 2.05) is 24.3 Å². The number of carbonyl (C=O) groups is 1. The van der Waals surface area contributed by atoms with E-state index < -0.39 is 6.03 Å². The van der Waals surface area contributed by atoms with Crippen LogP contribution >= 0.6 is 0 Å². The van der Waals surface area contributed by atoms with Gasteiger partial charge in [-0.05, 0) is 43.5 Å². The van der Waals surface area contributed by atoms with E-state index in [2.05, 4.69) is 31.4 Å². The zero-order valence-corrected chi connectivity index (χ0v) is 13.2. The SMILES string of the molecule is CC(C)COCCCNC(C)c1ccc(NC(N)=O)cc1. The van der Waals surface area contributed by atoms with Crippen molar-refractivity contribution in [3.63, 3.8) is 0 Å². The number of ether oxygens (including phenoxy) is 1. The second-order valence-corrected chi connectivity index (χ2v) is 5.61. The lowest BCUT2D eigenvalue weighted by molar-refractivity contribution is 0.107. The first kappa shape index (κ1) is 17.5. The summed E-state index contributed by atoms with van der Waals surface area (Å²) in [6, 6.07) is 7.39. The third kappa shape index (κ3) is 7.68. The Labute approximate surface area is 127 Å². The number of hydrogen-bond donors (Lipinski definition) is 3. The first-order valence-electron chi connectivity index (χ1n) is 7.46.